The van der Waals surface area contributed by atoms with Crippen molar-refractivity contribution in [2.75, 3.05) is 19.9 Å². The number of nitrogens with two attached hydrogens (primary N) is 1. The van der Waals surface area contributed by atoms with Crippen molar-refractivity contribution in [3.63, 3.8) is 0 Å². The summed E-state index contributed by atoms with van der Waals surface area (Å²) in [7, 11) is 0. The van der Waals surface area contributed by atoms with Crippen LogP contribution in [0.3, 0.4) is 0 Å². The van der Waals surface area contributed by atoms with Crippen molar-refractivity contribution < 1.29 is 22.6 Å². The van der Waals surface area contributed by atoms with Crippen LogP contribution in [-0.2, 0) is 9.47 Å². The highest BCUT2D eigenvalue weighted by molar-refractivity contribution is 4.83. The minimum atomic E-state index is -4.30. The van der Waals surface area contributed by atoms with E-state index >= 15 is 0 Å². The monoisotopic (exact) mass is 255 g/mol. The van der Waals surface area contributed by atoms with E-state index in [-0.39, 0.29) is 6.79 Å². The van der Waals surface area contributed by atoms with Gasteiger partial charge < -0.3 is 15.2 Å². The first-order valence-electron chi connectivity index (χ1n) is 5.96. The second-order valence-electron chi connectivity index (χ2n) is 4.53. The highest BCUT2D eigenvalue weighted by Crippen LogP contribution is 2.29. The van der Waals surface area contributed by atoms with Crippen LogP contribution in [0.5, 0.6) is 0 Å². The van der Waals surface area contributed by atoms with Gasteiger partial charge in [0.25, 0.3) is 0 Å². The van der Waals surface area contributed by atoms with Crippen LogP contribution in [-0.4, -0.2) is 31.7 Å². The number of halogens is 3. The molecule has 0 aliphatic heterocycles. The van der Waals surface area contributed by atoms with Crippen LogP contribution in [0, 0.1) is 0 Å². The SMILES string of the molecule is NCC1(OCOCC(F)(F)F)CCCCCC1. The minimum Gasteiger partial charge on any atom is -0.348 e. The first kappa shape index (κ1) is 14.7. The molecule has 0 heterocycles. The summed E-state index contributed by atoms with van der Waals surface area (Å²) in [5, 5.41) is 0. The first-order chi connectivity index (χ1) is 7.97. The minimum absolute atomic E-state index is 0.336. The summed E-state index contributed by atoms with van der Waals surface area (Å²) in [6.07, 6.45) is 1.59. The molecule has 1 aliphatic rings. The lowest BCUT2D eigenvalue weighted by atomic mass is 9.94. The molecule has 1 rings (SSSR count). The fourth-order valence-electron chi connectivity index (χ4n) is 2.10. The Labute approximate surface area is 99.4 Å². The van der Waals surface area contributed by atoms with Crippen molar-refractivity contribution in [1.82, 2.24) is 0 Å². The third-order valence-corrected chi connectivity index (χ3v) is 3.10. The highest BCUT2D eigenvalue weighted by Gasteiger charge is 2.32. The molecule has 0 bridgehead atoms. The van der Waals surface area contributed by atoms with Crippen molar-refractivity contribution in [3.8, 4) is 0 Å². The van der Waals surface area contributed by atoms with Crippen LogP contribution in [0.4, 0.5) is 13.2 Å². The van der Waals surface area contributed by atoms with Gasteiger partial charge in [0.2, 0.25) is 0 Å². The number of rotatable bonds is 5. The van der Waals surface area contributed by atoms with Gasteiger partial charge in [0.1, 0.15) is 13.4 Å². The third kappa shape index (κ3) is 5.70. The van der Waals surface area contributed by atoms with Gasteiger partial charge in [-0.2, -0.15) is 13.2 Å². The van der Waals surface area contributed by atoms with E-state index in [1.807, 2.05) is 0 Å². The zero-order chi connectivity index (χ0) is 12.8. The molecule has 0 spiro atoms. The Morgan fingerprint density at radius 1 is 1.06 bits per heavy atom. The van der Waals surface area contributed by atoms with Crippen LogP contribution in [0.2, 0.25) is 0 Å². The summed E-state index contributed by atoms with van der Waals surface area (Å²) >= 11 is 0. The van der Waals surface area contributed by atoms with Gasteiger partial charge in [0.15, 0.2) is 0 Å². The average Bonchev–Trinajstić information content (AvgIpc) is 2.49. The maximum absolute atomic E-state index is 11.9. The largest absolute Gasteiger partial charge is 0.411 e. The first-order valence-corrected chi connectivity index (χ1v) is 5.96. The van der Waals surface area contributed by atoms with Crippen molar-refractivity contribution >= 4 is 0 Å². The van der Waals surface area contributed by atoms with Crippen molar-refractivity contribution in [3.05, 3.63) is 0 Å². The Kier molecular flexibility index (Phi) is 5.69. The van der Waals surface area contributed by atoms with E-state index in [4.69, 9.17) is 10.5 Å². The van der Waals surface area contributed by atoms with E-state index in [0.717, 1.165) is 38.5 Å². The number of ether oxygens (including phenoxy) is 2. The van der Waals surface area contributed by atoms with Gasteiger partial charge in [-0.1, -0.05) is 25.7 Å². The van der Waals surface area contributed by atoms with E-state index < -0.39 is 18.4 Å². The molecule has 1 fully saturated rings. The Balaban J connectivity index is 2.30. The Morgan fingerprint density at radius 2 is 1.65 bits per heavy atom. The maximum atomic E-state index is 11.9. The van der Waals surface area contributed by atoms with Gasteiger partial charge in [0.05, 0.1) is 5.60 Å². The standard InChI is InChI=1S/C11H20F3NO2/c12-11(13,14)8-16-9-17-10(7-15)5-3-1-2-4-6-10/h1-9,15H2. The molecule has 0 aromatic heterocycles. The van der Waals surface area contributed by atoms with Crippen LogP contribution in [0.15, 0.2) is 0 Å². The molecule has 0 atom stereocenters. The smallest absolute Gasteiger partial charge is 0.348 e. The molecule has 17 heavy (non-hydrogen) atoms. The van der Waals surface area contributed by atoms with Gasteiger partial charge in [0, 0.05) is 6.54 Å². The van der Waals surface area contributed by atoms with Gasteiger partial charge in [-0.15, -0.1) is 0 Å². The predicted molar refractivity (Wildman–Crippen MR) is 57.4 cm³/mol. The fourth-order valence-corrected chi connectivity index (χ4v) is 2.10. The van der Waals surface area contributed by atoms with E-state index in [2.05, 4.69) is 4.74 Å². The number of hydrogen-bond donors (Lipinski definition) is 1. The molecule has 0 saturated heterocycles. The Morgan fingerprint density at radius 3 is 2.12 bits per heavy atom. The molecule has 3 nitrogen and oxygen atoms in total. The summed E-state index contributed by atoms with van der Waals surface area (Å²) in [6.45, 7) is -1.27. The van der Waals surface area contributed by atoms with Crippen LogP contribution < -0.4 is 5.73 Å². The average molecular weight is 255 g/mol. The lowest BCUT2D eigenvalue weighted by Gasteiger charge is -2.31. The van der Waals surface area contributed by atoms with E-state index in [1.165, 1.54) is 0 Å². The van der Waals surface area contributed by atoms with Crippen molar-refractivity contribution in [2.45, 2.75) is 50.3 Å². The van der Waals surface area contributed by atoms with E-state index in [0.29, 0.717) is 6.54 Å². The lowest BCUT2D eigenvalue weighted by molar-refractivity contribution is -0.216. The molecule has 1 saturated carbocycles. The second kappa shape index (κ2) is 6.56. The quantitative estimate of drug-likeness (QED) is 0.466. The van der Waals surface area contributed by atoms with Crippen LogP contribution in [0.1, 0.15) is 38.5 Å². The molecule has 0 radical (unpaired) electrons. The molecular weight excluding hydrogens is 235 g/mol. The predicted octanol–water partition coefficient (Wildman–Crippen LogP) is 2.59. The van der Waals surface area contributed by atoms with Crippen molar-refractivity contribution in [2.24, 2.45) is 5.73 Å². The molecule has 2 N–H and O–H groups in total. The van der Waals surface area contributed by atoms with Gasteiger partial charge in [-0.25, -0.2) is 0 Å². The summed E-state index contributed by atoms with van der Waals surface area (Å²) in [5.74, 6) is 0. The third-order valence-electron chi connectivity index (χ3n) is 3.10. The summed E-state index contributed by atoms with van der Waals surface area (Å²) in [4.78, 5) is 0. The maximum Gasteiger partial charge on any atom is 0.411 e. The number of hydrogen-bond acceptors (Lipinski definition) is 3. The molecule has 1 aliphatic carbocycles. The summed E-state index contributed by atoms with van der Waals surface area (Å²) in [5.41, 5.74) is 5.19. The molecule has 102 valence electrons. The second-order valence-corrected chi connectivity index (χ2v) is 4.53. The van der Waals surface area contributed by atoms with E-state index in [1.54, 1.807) is 0 Å². The summed E-state index contributed by atoms with van der Waals surface area (Å²) < 4.78 is 45.5. The molecule has 6 heteroatoms. The molecular formula is C11H20F3NO2. The number of alkyl halides is 3. The Bertz CT molecular complexity index is 213. The molecule has 0 aromatic rings. The van der Waals surface area contributed by atoms with Crippen molar-refractivity contribution in [1.29, 1.82) is 0 Å². The fraction of sp³-hybridized carbons (Fsp3) is 1.00. The van der Waals surface area contributed by atoms with Gasteiger partial charge >= 0.3 is 6.18 Å². The molecule has 0 unspecified atom stereocenters. The van der Waals surface area contributed by atoms with Gasteiger partial charge in [-0.05, 0) is 12.8 Å². The summed E-state index contributed by atoms with van der Waals surface area (Å²) in [6, 6.07) is 0. The molecule has 0 aromatic carbocycles. The van der Waals surface area contributed by atoms with Crippen LogP contribution >= 0.6 is 0 Å². The topological polar surface area (TPSA) is 44.5 Å². The lowest BCUT2D eigenvalue weighted by Crippen LogP contribution is -2.41. The van der Waals surface area contributed by atoms with Crippen LogP contribution in [0.25, 0.3) is 0 Å². The normalized spacial score (nSPS) is 21.2. The van der Waals surface area contributed by atoms with E-state index in [9.17, 15) is 13.2 Å². The zero-order valence-electron chi connectivity index (χ0n) is 9.89. The highest BCUT2D eigenvalue weighted by atomic mass is 19.4. The zero-order valence-corrected chi connectivity index (χ0v) is 9.89. The Hall–Kier alpha value is -0.330. The molecule has 0 amide bonds. The van der Waals surface area contributed by atoms with Gasteiger partial charge in [-0.3, -0.25) is 0 Å².